The molecule has 5 heterocycles. The Kier molecular flexibility index (Phi) is 7.34. The van der Waals surface area contributed by atoms with Gasteiger partial charge in [0.2, 0.25) is 11.8 Å². The summed E-state index contributed by atoms with van der Waals surface area (Å²) in [5.74, 6) is -0.364. The molecule has 2 amide bonds. The van der Waals surface area contributed by atoms with E-state index in [0.29, 0.717) is 36.3 Å². The van der Waals surface area contributed by atoms with Gasteiger partial charge >= 0.3 is 0 Å². The molecule has 3 saturated heterocycles. The summed E-state index contributed by atoms with van der Waals surface area (Å²) in [5.41, 5.74) is -0.113. The number of thiophene rings is 2. The van der Waals surface area contributed by atoms with E-state index in [2.05, 4.69) is 9.62 Å². The lowest BCUT2D eigenvalue weighted by Gasteiger charge is -2.35. The van der Waals surface area contributed by atoms with E-state index in [1.54, 1.807) is 18.2 Å². The van der Waals surface area contributed by atoms with Crippen LogP contribution in [0, 0.1) is 0 Å². The molecule has 4 fully saturated rings. The van der Waals surface area contributed by atoms with E-state index >= 15 is 0 Å². The Hall–Kier alpha value is -1.54. The molecule has 4 aliphatic rings. The summed E-state index contributed by atoms with van der Waals surface area (Å²) in [5, 5.41) is 0. The zero-order valence-corrected chi connectivity index (χ0v) is 24.1. The molecular weight excluding hydrogens is 568 g/mol. The van der Waals surface area contributed by atoms with Crippen molar-refractivity contribution in [2.45, 2.75) is 53.9 Å². The zero-order valence-electron chi connectivity index (χ0n) is 20.9. The van der Waals surface area contributed by atoms with Crippen molar-refractivity contribution in [2.24, 2.45) is 0 Å². The van der Waals surface area contributed by atoms with E-state index in [0.717, 1.165) is 66.7 Å². The summed E-state index contributed by atoms with van der Waals surface area (Å²) >= 11 is 8.55. The third kappa shape index (κ3) is 5.04. The highest BCUT2D eigenvalue weighted by Gasteiger charge is 2.63. The first kappa shape index (κ1) is 26.7. The lowest BCUT2D eigenvalue weighted by molar-refractivity contribution is -0.144. The van der Waals surface area contributed by atoms with E-state index in [9.17, 15) is 18.0 Å². The summed E-state index contributed by atoms with van der Waals surface area (Å²) in [6.45, 7) is 4.43. The van der Waals surface area contributed by atoms with Gasteiger partial charge in [0.1, 0.15) is 10.3 Å². The lowest BCUT2D eigenvalue weighted by atomic mass is 10.1. The second kappa shape index (κ2) is 10.5. The number of halogens is 1. The smallest absolute Gasteiger partial charge is 0.250 e. The number of carbonyl (C=O) groups is 2. The summed E-state index contributed by atoms with van der Waals surface area (Å²) < 4.78 is 35.1. The number of rotatable bonds is 7. The molecule has 9 nitrogen and oxygen atoms in total. The van der Waals surface area contributed by atoms with Crippen molar-refractivity contribution in [2.75, 3.05) is 45.9 Å². The third-order valence-corrected chi connectivity index (χ3v) is 12.6. The molecule has 1 saturated carbocycles. The summed E-state index contributed by atoms with van der Waals surface area (Å²) in [7, 11) is -3.89. The van der Waals surface area contributed by atoms with Crippen LogP contribution in [0.1, 0.15) is 32.1 Å². The van der Waals surface area contributed by atoms with Gasteiger partial charge in [-0.1, -0.05) is 11.6 Å². The number of ether oxygens (including phenoxy) is 1. The summed E-state index contributed by atoms with van der Waals surface area (Å²) in [6.07, 6.45) is 4.00. The standard InChI is InChI=1S/C25H31ClN4O5S3/c26-21-6-4-18(36-21)19-5-7-23(37-19)38(33,34)27-17-3-1-9-29(24(17)32)16-22(31)30-10-2-8-25(30)15-20(25)28-11-13-35-14-12-28/h4-7,17,20,27H,1-3,8-16H2/t17-,20+,25?/m1/s1. The third-order valence-electron chi connectivity index (χ3n) is 8.14. The van der Waals surface area contributed by atoms with Gasteiger partial charge in [0, 0.05) is 42.0 Å². The van der Waals surface area contributed by atoms with E-state index in [-0.39, 0.29) is 28.1 Å². The van der Waals surface area contributed by atoms with E-state index < -0.39 is 16.1 Å². The van der Waals surface area contributed by atoms with Crippen LogP contribution in [0.5, 0.6) is 0 Å². The normalized spacial score (nSPS) is 28.4. The molecular formula is C25H31ClN4O5S3. The molecule has 1 aliphatic carbocycles. The number of piperidine rings is 1. The van der Waals surface area contributed by atoms with Crippen molar-refractivity contribution in [1.29, 1.82) is 0 Å². The van der Waals surface area contributed by atoms with Gasteiger partial charge in [-0.05, 0) is 56.4 Å². The van der Waals surface area contributed by atoms with Gasteiger partial charge in [-0.15, -0.1) is 22.7 Å². The SMILES string of the molecule is O=C1[C@H](NS(=O)(=O)c2ccc(-c3ccc(Cl)s3)s2)CCCN1CC(=O)N1CCCC12C[C@@H]2N1CCOCC1. The van der Waals surface area contributed by atoms with Gasteiger partial charge in [0.25, 0.3) is 10.0 Å². The molecule has 6 rings (SSSR count). The monoisotopic (exact) mass is 598 g/mol. The predicted octanol–water partition coefficient (Wildman–Crippen LogP) is 2.87. The number of amides is 2. The Labute approximate surface area is 235 Å². The molecule has 38 heavy (non-hydrogen) atoms. The quantitative estimate of drug-likeness (QED) is 0.526. The molecule has 0 aromatic carbocycles. The van der Waals surface area contributed by atoms with Crippen LogP contribution in [0.15, 0.2) is 28.5 Å². The highest BCUT2D eigenvalue weighted by molar-refractivity contribution is 7.91. The molecule has 0 bridgehead atoms. The molecule has 3 aliphatic heterocycles. The van der Waals surface area contributed by atoms with Gasteiger partial charge in [0.05, 0.1) is 29.6 Å². The Balaban J connectivity index is 1.09. The van der Waals surface area contributed by atoms with Gasteiger partial charge in [-0.25, -0.2) is 8.42 Å². The largest absolute Gasteiger partial charge is 0.379 e. The maximum Gasteiger partial charge on any atom is 0.250 e. The minimum absolute atomic E-state index is 0.00305. The first-order valence-electron chi connectivity index (χ1n) is 13.1. The van der Waals surface area contributed by atoms with Crippen molar-refractivity contribution in [3.05, 3.63) is 28.6 Å². The maximum absolute atomic E-state index is 13.4. The summed E-state index contributed by atoms with van der Waals surface area (Å²) in [4.78, 5) is 34.4. The van der Waals surface area contributed by atoms with Gasteiger partial charge in [-0.2, -0.15) is 4.72 Å². The van der Waals surface area contributed by atoms with Crippen LogP contribution in [0.2, 0.25) is 4.34 Å². The molecule has 2 aromatic heterocycles. The molecule has 1 unspecified atom stereocenters. The van der Waals surface area contributed by atoms with Crippen LogP contribution in [0.4, 0.5) is 0 Å². The Morgan fingerprint density at radius 2 is 1.84 bits per heavy atom. The fourth-order valence-corrected chi connectivity index (χ4v) is 9.89. The maximum atomic E-state index is 13.4. The minimum atomic E-state index is -3.89. The Bertz CT molecular complexity index is 1320. The van der Waals surface area contributed by atoms with Crippen LogP contribution in [-0.2, 0) is 24.3 Å². The van der Waals surface area contributed by atoms with Crippen molar-refractivity contribution >= 4 is 56.1 Å². The second-order valence-corrected chi connectivity index (χ2v) is 15.2. The molecule has 206 valence electrons. The zero-order chi connectivity index (χ0) is 26.5. The molecule has 1 spiro atoms. The lowest BCUT2D eigenvalue weighted by Crippen LogP contribution is -2.55. The average molecular weight is 599 g/mol. The minimum Gasteiger partial charge on any atom is -0.379 e. The number of hydrogen-bond acceptors (Lipinski definition) is 8. The number of nitrogens with zero attached hydrogens (tertiary/aromatic N) is 3. The number of nitrogens with one attached hydrogen (secondary N) is 1. The summed E-state index contributed by atoms with van der Waals surface area (Å²) in [6, 6.07) is 6.44. The van der Waals surface area contributed by atoms with Crippen LogP contribution in [-0.4, -0.2) is 98.5 Å². The van der Waals surface area contributed by atoms with Crippen LogP contribution >= 0.6 is 34.3 Å². The van der Waals surface area contributed by atoms with Crippen LogP contribution < -0.4 is 4.72 Å². The average Bonchev–Trinajstić information content (AvgIpc) is 3.28. The fraction of sp³-hybridized carbons (Fsp3) is 0.600. The molecule has 2 aromatic rings. The van der Waals surface area contributed by atoms with E-state index in [1.807, 2.05) is 11.0 Å². The number of hydrogen-bond donors (Lipinski definition) is 1. The van der Waals surface area contributed by atoms with Crippen molar-refractivity contribution in [3.63, 3.8) is 0 Å². The van der Waals surface area contributed by atoms with Gasteiger partial charge in [-0.3, -0.25) is 14.5 Å². The molecule has 1 N–H and O–H groups in total. The Morgan fingerprint density at radius 1 is 1.08 bits per heavy atom. The van der Waals surface area contributed by atoms with Crippen molar-refractivity contribution in [3.8, 4) is 9.75 Å². The first-order valence-corrected chi connectivity index (χ1v) is 16.6. The number of sulfonamides is 1. The molecule has 3 atom stereocenters. The first-order chi connectivity index (χ1) is 18.3. The highest BCUT2D eigenvalue weighted by atomic mass is 35.5. The van der Waals surface area contributed by atoms with Crippen LogP contribution in [0.3, 0.4) is 0 Å². The number of morpholine rings is 1. The van der Waals surface area contributed by atoms with Crippen molar-refractivity contribution in [1.82, 2.24) is 19.4 Å². The van der Waals surface area contributed by atoms with E-state index in [4.69, 9.17) is 16.3 Å². The van der Waals surface area contributed by atoms with Crippen molar-refractivity contribution < 1.29 is 22.7 Å². The number of carbonyl (C=O) groups excluding carboxylic acids is 2. The number of likely N-dealkylation sites (tertiary alicyclic amines) is 2. The highest BCUT2D eigenvalue weighted by Crippen LogP contribution is 2.52. The van der Waals surface area contributed by atoms with E-state index in [1.165, 1.54) is 16.2 Å². The molecule has 0 radical (unpaired) electrons. The fourth-order valence-electron chi connectivity index (χ4n) is 6.21. The topological polar surface area (TPSA) is 99.3 Å². The Morgan fingerprint density at radius 3 is 2.61 bits per heavy atom. The predicted molar refractivity (Wildman–Crippen MR) is 147 cm³/mol. The molecule has 13 heteroatoms. The van der Waals surface area contributed by atoms with Gasteiger partial charge < -0.3 is 14.5 Å². The van der Waals surface area contributed by atoms with Gasteiger partial charge in [0.15, 0.2) is 0 Å². The van der Waals surface area contributed by atoms with Crippen LogP contribution in [0.25, 0.3) is 9.75 Å². The second-order valence-electron chi connectivity index (χ2n) is 10.4.